The number of hydrogen-bond donors (Lipinski definition) is 0. The van der Waals surface area contributed by atoms with Gasteiger partial charge in [-0.25, -0.2) is 8.78 Å². The zero-order valence-corrected chi connectivity index (χ0v) is 10.6. The van der Waals surface area contributed by atoms with Crippen molar-refractivity contribution in [3.63, 3.8) is 0 Å². The smallest absolute Gasteiger partial charge is 0.320 e. The van der Waals surface area contributed by atoms with Gasteiger partial charge in [-0.1, -0.05) is 0 Å². The maximum absolute atomic E-state index is 13.3. The third-order valence-corrected chi connectivity index (χ3v) is 2.47. The van der Waals surface area contributed by atoms with Gasteiger partial charge in [-0.2, -0.15) is 0 Å². The summed E-state index contributed by atoms with van der Waals surface area (Å²) in [4.78, 5) is 12.9. The number of carbonyl (C=O) groups is 1. The molecule has 18 heavy (non-hydrogen) atoms. The van der Waals surface area contributed by atoms with Crippen LogP contribution in [-0.2, 0) is 16.0 Å². The van der Waals surface area contributed by atoms with Crippen LogP contribution in [0.2, 0.25) is 0 Å². The van der Waals surface area contributed by atoms with Gasteiger partial charge in [0, 0.05) is 6.54 Å². The fraction of sp³-hybridized carbons (Fsp3) is 0.462. The molecule has 0 amide bonds. The van der Waals surface area contributed by atoms with Crippen LogP contribution in [0.4, 0.5) is 8.78 Å². The maximum Gasteiger partial charge on any atom is 0.320 e. The van der Waals surface area contributed by atoms with Gasteiger partial charge in [0.05, 0.1) is 13.2 Å². The van der Waals surface area contributed by atoms with E-state index in [1.54, 1.807) is 18.9 Å². The molecule has 0 spiro atoms. The van der Waals surface area contributed by atoms with Crippen molar-refractivity contribution >= 4 is 5.97 Å². The van der Waals surface area contributed by atoms with Gasteiger partial charge in [0.2, 0.25) is 0 Å². The Morgan fingerprint density at radius 3 is 2.78 bits per heavy atom. The molecule has 0 fully saturated rings. The highest BCUT2D eigenvalue weighted by Gasteiger charge is 2.09. The molecule has 0 unspecified atom stereocenters. The third kappa shape index (κ3) is 4.79. The zero-order chi connectivity index (χ0) is 13.5. The maximum atomic E-state index is 13.3. The monoisotopic (exact) mass is 257 g/mol. The van der Waals surface area contributed by atoms with E-state index in [1.807, 2.05) is 0 Å². The van der Waals surface area contributed by atoms with E-state index >= 15 is 0 Å². The van der Waals surface area contributed by atoms with Crippen molar-refractivity contribution in [2.24, 2.45) is 0 Å². The normalized spacial score (nSPS) is 10.7. The molecule has 0 aliphatic carbocycles. The van der Waals surface area contributed by atoms with Crippen molar-refractivity contribution in [2.45, 2.75) is 13.3 Å². The van der Waals surface area contributed by atoms with Gasteiger partial charge in [-0.3, -0.25) is 9.69 Å². The van der Waals surface area contributed by atoms with Crippen LogP contribution in [0.25, 0.3) is 0 Å². The summed E-state index contributed by atoms with van der Waals surface area (Å²) in [5, 5.41) is 0. The summed E-state index contributed by atoms with van der Waals surface area (Å²) in [6.07, 6.45) is 0.347. The van der Waals surface area contributed by atoms with Crippen molar-refractivity contribution in [1.82, 2.24) is 4.90 Å². The van der Waals surface area contributed by atoms with Crippen molar-refractivity contribution in [1.29, 1.82) is 0 Å². The summed E-state index contributed by atoms with van der Waals surface area (Å²) < 4.78 is 31.0. The number of likely N-dealkylation sites (N-methyl/N-ethyl adjacent to an activating group) is 1. The molecule has 3 nitrogen and oxygen atoms in total. The highest BCUT2D eigenvalue weighted by Crippen LogP contribution is 2.10. The summed E-state index contributed by atoms with van der Waals surface area (Å²) in [5.74, 6) is -1.21. The molecule has 1 rings (SSSR count). The molecule has 0 bridgehead atoms. The highest BCUT2D eigenvalue weighted by atomic mass is 19.1. The number of nitrogens with zero attached hydrogens (tertiary/aromatic N) is 1. The van der Waals surface area contributed by atoms with Crippen molar-refractivity contribution in [2.75, 3.05) is 26.7 Å². The van der Waals surface area contributed by atoms with E-state index in [0.717, 1.165) is 12.1 Å². The van der Waals surface area contributed by atoms with E-state index in [1.165, 1.54) is 6.07 Å². The van der Waals surface area contributed by atoms with E-state index in [9.17, 15) is 13.6 Å². The lowest BCUT2D eigenvalue weighted by Gasteiger charge is -2.15. The van der Waals surface area contributed by atoms with E-state index in [2.05, 4.69) is 0 Å². The van der Waals surface area contributed by atoms with E-state index < -0.39 is 11.6 Å². The second-order valence-corrected chi connectivity index (χ2v) is 4.03. The van der Waals surface area contributed by atoms with Crippen molar-refractivity contribution in [3.8, 4) is 0 Å². The summed E-state index contributed by atoms with van der Waals surface area (Å²) >= 11 is 0. The van der Waals surface area contributed by atoms with Crippen LogP contribution in [0.15, 0.2) is 18.2 Å². The minimum absolute atomic E-state index is 0.144. The molecule has 0 aliphatic rings. The molecule has 0 saturated heterocycles. The standard InChI is InChI=1S/C13H17F2NO2/c1-3-18-13(17)9-16(2)7-6-10-8-11(14)4-5-12(10)15/h4-5,8H,3,6-7,9H2,1-2H3. The summed E-state index contributed by atoms with van der Waals surface area (Å²) in [6.45, 7) is 2.68. The second kappa shape index (κ2) is 7.06. The predicted octanol–water partition coefficient (Wildman–Crippen LogP) is 2.00. The number of hydrogen-bond acceptors (Lipinski definition) is 3. The first-order valence-corrected chi connectivity index (χ1v) is 5.81. The molecule has 0 atom stereocenters. The van der Waals surface area contributed by atoms with Crippen molar-refractivity contribution < 1.29 is 18.3 Å². The third-order valence-electron chi connectivity index (χ3n) is 2.47. The Bertz CT molecular complexity index is 410. The molecule has 1 aromatic rings. The Balaban J connectivity index is 2.44. The molecule has 0 saturated carbocycles. The van der Waals surface area contributed by atoms with Gasteiger partial charge in [0.15, 0.2) is 0 Å². The number of esters is 1. The molecule has 0 aliphatic heterocycles. The lowest BCUT2D eigenvalue weighted by molar-refractivity contribution is -0.144. The molecular weight excluding hydrogens is 240 g/mol. The van der Waals surface area contributed by atoms with Gasteiger partial charge < -0.3 is 4.74 Å². The Morgan fingerprint density at radius 1 is 1.39 bits per heavy atom. The summed E-state index contributed by atoms with van der Waals surface area (Å²) in [5.41, 5.74) is 0.311. The fourth-order valence-electron chi connectivity index (χ4n) is 1.55. The van der Waals surface area contributed by atoms with Crippen LogP contribution in [0, 0.1) is 11.6 Å². The zero-order valence-electron chi connectivity index (χ0n) is 10.6. The highest BCUT2D eigenvalue weighted by molar-refractivity contribution is 5.71. The fourth-order valence-corrected chi connectivity index (χ4v) is 1.55. The summed E-state index contributed by atoms with van der Waals surface area (Å²) in [6, 6.07) is 3.37. The van der Waals surface area contributed by atoms with Gasteiger partial charge in [-0.15, -0.1) is 0 Å². The average molecular weight is 257 g/mol. The van der Waals surface area contributed by atoms with E-state index in [4.69, 9.17) is 4.74 Å². The molecule has 100 valence electrons. The first-order chi connectivity index (χ1) is 8.52. The first kappa shape index (κ1) is 14.6. The van der Waals surface area contributed by atoms with Crippen molar-refractivity contribution in [3.05, 3.63) is 35.4 Å². The number of rotatable bonds is 6. The molecule has 0 aromatic heterocycles. The number of carbonyl (C=O) groups excluding carboxylic acids is 1. The molecular formula is C13H17F2NO2. The van der Waals surface area contributed by atoms with Gasteiger partial charge >= 0.3 is 5.97 Å². The largest absolute Gasteiger partial charge is 0.465 e. The van der Waals surface area contributed by atoms with E-state index in [-0.39, 0.29) is 12.5 Å². The predicted molar refractivity (Wildman–Crippen MR) is 64.2 cm³/mol. The lowest BCUT2D eigenvalue weighted by Crippen LogP contribution is -2.29. The van der Waals surface area contributed by atoms with Gasteiger partial charge in [0.25, 0.3) is 0 Å². The van der Waals surface area contributed by atoms with E-state index in [0.29, 0.717) is 25.1 Å². The molecule has 0 heterocycles. The van der Waals surface area contributed by atoms with Crippen LogP contribution in [-0.4, -0.2) is 37.6 Å². The first-order valence-electron chi connectivity index (χ1n) is 5.81. The van der Waals surface area contributed by atoms with Crippen LogP contribution < -0.4 is 0 Å². The Hall–Kier alpha value is -1.49. The lowest BCUT2D eigenvalue weighted by atomic mass is 10.1. The summed E-state index contributed by atoms with van der Waals surface area (Å²) in [7, 11) is 1.73. The topological polar surface area (TPSA) is 29.5 Å². The second-order valence-electron chi connectivity index (χ2n) is 4.03. The SMILES string of the molecule is CCOC(=O)CN(C)CCc1cc(F)ccc1F. The minimum atomic E-state index is -0.459. The molecule has 0 N–H and O–H groups in total. The van der Waals surface area contributed by atoms with Gasteiger partial charge in [0.1, 0.15) is 11.6 Å². The quantitative estimate of drug-likeness (QED) is 0.730. The average Bonchev–Trinajstić information content (AvgIpc) is 2.30. The van der Waals surface area contributed by atoms with Crippen LogP contribution in [0.1, 0.15) is 12.5 Å². The number of ether oxygens (including phenoxy) is 1. The molecule has 1 aromatic carbocycles. The Morgan fingerprint density at radius 2 is 2.11 bits per heavy atom. The number of benzene rings is 1. The van der Waals surface area contributed by atoms with Crippen LogP contribution in [0.5, 0.6) is 0 Å². The van der Waals surface area contributed by atoms with Gasteiger partial charge in [-0.05, 0) is 44.2 Å². The van der Waals surface area contributed by atoms with Crippen LogP contribution in [0.3, 0.4) is 0 Å². The Kier molecular flexibility index (Phi) is 5.71. The molecule has 5 heteroatoms. The Labute approximate surface area is 105 Å². The molecule has 0 radical (unpaired) electrons. The van der Waals surface area contributed by atoms with Crippen LogP contribution >= 0.6 is 0 Å². The minimum Gasteiger partial charge on any atom is -0.465 e. The number of halogens is 2.